The zero-order chi connectivity index (χ0) is 14.0. The van der Waals surface area contributed by atoms with Gasteiger partial charge in [-0.15, -0.1) is 0 Å². The summed E-state index contributed by atoms with van der Waals surface area (Å²) in [6.45, 7) is 4.57. The third-order valence-electron chi connectivity index (χ3n) is 3.23. The molecule has 1 heterocycles. The molecule has 0 bridgehead atoms. The van der Waals surface area contributed by atoms with Crippen LogP contribution in [-0.2, 0) is 9.53 Å². The van der Waals surface area contributed by atoms with Crippen molar-refractivity contribution < 1.29 is 14.3 Å². The van der Waals surface area contributed by atoms with E-state index in [1.165, 1.54) is 7.11 Å². The molecule has 0 saturated carbocycles. The third kappa shape index (κ3) is 3.19. The molecule has 1 N–H and O–H groups in total. The average molecular weight is 284 g/mol. The molecule has 1 aliphatic rings. The van der Waals surface area contributed by atoms with Crippen LogP contribution in [0.1, 0.15) is 17.5 Å². The molecule has 2 atom stereocenters. The van der Waals surface area contributed by atoms with E-state index in [2.05, 4.69) is 5.32 Å². The fourth-order valence-corrected chi connectivity index (χ4v) is 2.70. The van der Waals surface area contributed by atoms with Crippen molar-refractivity contribution in [1.29, 1.82) is 0 Å². The first kappa shape index (κ1) is 14.2. The van der Waals surface area contributed by atoms with E-state index in [-0.39, 0.29) is 18.1 Å². The number of benzene rings is 1. The van der Waals surface area contributed by atoms with E-state index in [9.17, 15) is 4.79 Å². The normalized spacial score (nSPS) is 22.3. The second-order valence-corrected chi connectivity index (χ2v) is 5.26. The first-order valence-corrected chi connectivity index (χ1v) is 6.63. The second kappa shape index (κ2) is 5.80. The van der Waals surface area contributed by atoms with Crippen molar-refractivity contribution in [1.82, 2.24) is 5.32 Å². The monoisotopic (exact) mass is 283 g/mol. The largest absolute Gasteiger partial charge is 0.487 e. The van der Waals surface area contributed by atoms with Gasteiger partial charge in [0.05, 0.1) is 12.1 Å². The highest BCUT2D eigenvalue weighted by Gasteiger charge is 2.31. The van der Waals surface area contributed by atoms with Crippen molar-refractivity contribution in [2.45, 2.75) is 32.4 Å². The number of nitrogens with one attached hydrogen (secondary N) is 1. The van der Waals surface area contributed by atoms with Gasteiger partial charge in [-0.2, -0.15) is 0 Å². The molecule has 4 nitrogen and oxygen atoms in total. The highest BCUT2D eigenvalue weighted by atomic mass is 35.5. The summed E-state index contributed by atoms with van der Waals surface area (Å²) in [6.07, 6.45) is 0.527. The van der Waals surface area contributed by atoms with Crippen LogP contribution in [0.3, 0.4) is 0 Å². The van der Waals surface area contributed by atoms with Crippen LogP contribution in [-0.4, -0.2) is 31.8 Å². The molecular weight excluding hydrogens is 266 g/mol. The summed E-state index contributed by atoms with van der Waals surface area (Å²) in [7, 11) is 1.39. The van der Waals surface area contributed by atoms with Gasteiger partial charge in [-0.1, -0.05) is 17.7 Å². The lowest BCUT2D eigenvalue weighted by atomic mass is 10.1. The molecular formula is C14H18ClNO3. The average Bonchev–Trinajstić information content (AvgIpc) is 2.81. The Morgan fingerprint density at radius 3 is 2.79 bits per heavy atom. The van der Waals surface area contributed by atoms with Crippen LogP contribution in [0, 0.1) is 13.8 Å². The Morgan fingerprint density at radius 2 is 2.16 bits per heavy atom. The molecule has 1 aliphatic heterocycles. The molecule has 2 unspecified atom stereocenters. The topological polar surface area (TPSA) is 47.6 Å². The van der Waals surface area contributed by atoms with E-state index < -0.39 is 0 Å². The van der Waals surface area contributed by atoms with Gasteiger partial charge in [-0.05, 0) is 31.0 Å². The van der Waals surface area contributed by atoms with Gasteiger partial charge in [0.25, 0.3) is 0 Å². The lowest BCUT2D eigenvalue weighted by Gasteiger charge is -2.16. The van der Waals surface area contributed by atoms with Crippen molar-refractivity contribution in [3.05, 3.63) is 28.3 Å². The molecule has 0 aliphatic carbocycles. The molecule has 2 rings (SSSR count). The Balaban J connectivity index is 2.05. The molecule has 0 amide bonds. The summed E-state index contributed by atoms with van der Waals surface area (Å²) < 4.78 is 10.6. The van der Waals surface area contributed by atoms with Gasteiger partial charge < -0.3 is 14.8 Å². The molecule has 19 heavy (non-hydrogen) atoms. The number of aryl methyl sites for hydroxylation is 2. The van der Waals surface area contributed by atoms with Gasteiger partial charge >= 0.3 is 5.97 Å². The van der Waals surface area contributed by atoms with E-state index in [4.69, 9.17) is 21.1 Å². The van der Waals surface area contributed by atoms with Crippen LogP contribution in [0.4, 0.5) is 0 Å². The number of carbonyl (C=O) groups is 1. The molecule has 1 saturated heterocycles. The number of halogens is 1. The Bertz CT molecular complexity index is 467. The first-order valence-electron chi connectivity index (χ1n) is 6.26. The van der Waals surface area contributed by atoms with Gasteiger partial charge in [0.1, 0.15) is 17.9 Å². The van der Waals surface area contributed by atoms with Gasteiger partial charge in [0.2, 0.25) is 0 Å². The molecule has 1 fully saturated rings. The van der Waals surface area contributed by atoms with Crippen LogP contribution >= 0.6 is 11.6 Å². The van der Waals surface area contributed by atoms with E-state index >= 15 is 0 Å². The first-order chi connectivity index (χ1) is 9.01. The lowest BCUT2D eigenvalue weighted by molar-refractivity contribution is -0.142. The molecule has 0 aromatic heterocycles. The minimum Gasteiger partial charge on any atom is -0.487 e. The SMILES string of the molecule is COC(=O)C1CC(Oc2c(C)cc(C)cc2Cl)CN1. The number of ether oxygens (including phenoxy) is 2. The number of carbonyl (C=O) groups excluding carboxylic acids is 1. The van der Waals surface area contributed by atoms with Gasteiger partial charge in [0.15, 0.2) is 0 Å². The maximum Gasteiger partial charge on any atom is 0.323 e. The highest BCUT2D eigenvalue weighted by Crippen LogP contribution is 2.31. The van der Waals surface area contributed by atoms with Gasteiger partial charge in [0, 0.05) is 13.0 Å². The molecule has 1 aromatic carbocycles. The summed E-state index contributed by atoms with van der Waals surface area (Å²) in [5.74, 6) is 0.447. The molecule has 5 heteroatoms. The Kier molecular flexibility index (Phi) is 4.32. The van der Waals surface area contributed by atoms with Crippen molar-refractivity contribution in [3.63, 3.8) is 0 Å². The van der Waals surface area contributed by atoms with E-state index in [0.29, 0.717) is 23.7 Å². The number of hydrogen-bond acceptors (Lipinski definition) is 4. The third-order valence-corrected chi connectivity index (χ3v) is 3.52. The van der Waals surface area contributed by atoms with Crippen molar-refractivity contribution >= 4 is 17.6 Å². The zero-order valence-electron chi connectivity index (χ0n) is 11.3. The summed E-state index contributed by atoms with van der Waals surface area (Å²) >= 11 is 6.20. The summed E-state index contributed by atoms with van der Waals surface area (Å²) in [5, 5.41) is 3.70. The highest BCUT2D eigenvalue weighted by molar-refractivity contribution is 6.32. The molecule has 0 spiro atoms. The van der Waals surface area contributed by atoms with Gasteiger partial charge in [-0.25, -0.2) is 0 Å². The van der Waals surface area contributed by atoms with Crippen molar-refractivity contribution in [3.8, 4) is 5.75 Å². The van der Waals surface area contributed by atoms with Gasteiger partial charge in [-0.3, -0.25) is 4.79 Å². The van der Waals surface area contributed by atoms with Crippen LogP contribution < -0.4 is 10.1 Å². The van der Waals surface area contributed by atoms with Crippen LogP contribution in [0.5, 0.6) is 5.75 Å². The predicted molar refractivity (Wildman–Crippen MR) is 73.8 cm³/mol. The fraction of sp³-hybridized carbons (Fsp3) is 0.500. The van der Waals surface area contributed by atoms with Crippen LogP contribution in [0.15, 0.2) is 12.1 Å². The smallest absolute Gasteiger partial charge is 0.323 e. The quantitative estimate of drug-likeness (QED) is 0.865. The number of esters is 1. The molecule has 0 radical (unpaired) electrons. The number of hydrogen-bond donors (Lipinski definition) is 1. The minimum atomic E-state index is -0.292. The van der Waals surface area contributed by atoms with E-state index in [1.807, 2.05) is 26.0 Å². The zero-order valence-corrected chi connectivity index (χ0v) is 12.1. The summed E-state index contributed by atoms with van der Waals surface area (Å²) in [6, 6.07) is 3.62. The molecule has 1 aromatic rings. The number of methoxy groups -OCH3 is 1. The Morgan fingerprint density at radius 1 is 1.42 bits per heavy atom. The minimum absolute atomic E-state index is 0.0667. The molecule has 104 valence electrons. The second-order valence-electron chi connectivity index (χ2n) is 4.85. The Labute approximate surface area is 118 Å². The fourth-order valence-electron chi connectivity index (χ4n) is 2.33. The standard InChI is InChI=1S/C14H18ClNO3/c1-8-4-9(2)13(11(15)5-8)19-10-6-12(16-7-10)14(17)18-3/h4-5,10,12,16H,6-7H2,1-3H3. The Hall–Kier alpha value is -1.26. The summed E-state index contributed by atoms with van der Waals surface area (Å²) in [5.41, 5.74) is 2.11. The maximum atomic E-state index is 11.4. The number of rotatable bonds is 3. The van der Waals surface area contributed by atoms with Crippen molar-refractivity contribution in [2.75, 3.05) is 13.7 Å². The van der Waals surface area contributed by atoms with E-state index in [0.717, 1.165) is 11.1 Å². The predicted octanol–water partition coefficient (Wildman–Crippen LogP) is 2.24. The van der Waals surface area contributed by atoms with Crippen LogP contribution in [0.2, 0.25) is 5.02 Å². The lowest BCUT2D eigenvalue weighted by Crippen LogP contribution is -2.31. The maximum absolute atomic E-state index is 11.4. The summed E-state index contributed by atoms with van der Waals surface area (Å²) in [4.78, 5) is 11.4. The van der Waals surface area contributed by atoms with Crippen LogP contribution in [0.25, 0.3) is 0 Å². The van der Waals surface area contributed by atoms with E-state index in [1.54, 1.807) is 0 Å². The van der Waals surface area contributed by atoms with Crippen molar-refractivity contribution in [2.24, 2.45) is 0 Å².